The molecule has 0 aromatic heterocycles. The van der Waals surface area contributed by atoms with E-state index >= 15 is 0 Å². The summed E-state index contributed by atoms with van der Waals surface area (Å²) in [5.41, 5.74) is 3.12. The number of nitriles is 1. The first-order chi connectivity index (χ1) is 16.2. The van der Waals surface area contributed by atoms with Crippen molar-refractivity contribution in [3.8, 4) is 17.6 Å². The Morgan fingerprint density at radius 2 is 1.82 bits per heavy atom. The summed E-state index contributed by atoms with van der Waals surface area (Å²) in [7, 11) is 1.54. The number of nitrogens with zero attached hydrogens (tertiary/aromatic N) is 1. The lowest BCUT2D eigenvalue weighted by molar-refractivity contribution is -0.112. The van der Waals surface area contributed by atoms with Gasteiger partial charge in [-0.25, -0.2) is 0 Å². The summed E-state index contributed by atoms with van der Waals surface area (Å²) in [6.07, 6.45) is 1.51. The van der Waals surface area contributed by atoms with Crippen LogP contribution in [0.2, 0.25) is 5.02 Å². The third-order valence-corrected chi connectivity index (χ3v) is 6.95. The Balaban J connectivity index is 1.84. The molecule has 0 saturated heterocycles. The fraction of sp³-hybridized carbons (Fsp3) is 0.120. The van der Waals surface area contributed by atoms with Gasteiger partial charge in [-0.2, -0.15) is 5.26 Å². The standard InChI is InChI=1S/C25H18Br2ClIN2O3/c1-14-7-19(26)23(20(27)8-14)31-25(32)17(12-30)9-16-10-21(29)24(22(11-16)33-2)34-13-15-3-5-18(28)6-4-15/h3-11H,13H2,1-2H3,(H,31,32)/b17-9+. The highest BCUT2D eigenvalue weighted by molar-refractivity contribution is 14.1. The van der Waals surface area contributed by atoms with Gasteiger partial charge in [-0.3, -0.25) is 4.79 Å². The molecule has 0 radical (unpaired) electrons. The second-order valence-electron chi connectivity index (χ2n) is 7.18. The maximum atomic E-state index is 12.8. The van der Waals surface area contributed by atoms with Crippen LogP contribution >= 0.6 is 66.1 Å². The Kier molecular flexibility index (Phi) is 9.42. The normalized spacial score (nSPS) is 11.0. The van der Waals surface area contributed by atoms with Crippen LogP contribution in [0.5, 0.6) is 11.5 Å². The lowest BCUT2D eigenvalue weighted by Crippen LogP contribution is -2.14. The van der Waals surface area contributed by atoms with E-state index in [1.165, 1.54) is 6.08 Å². The van der Waals surface area contributed by atoms with E-state index in [-0.39, 0.29) is 5.57 Å². The Hall–Kier alpha value is -2.06. The second kappa shape index (κ2) is 12.1. The van der Waals surface area contributed by atoms with Gasteiger partial charge in [0.2, 0.25) is 0 Å². The molecule has 174 valence electrons. The summed E-state index contributed by atoms with van der Waals surface area (Å²) in [5.74, 6) is 0.546. The Bertz CT molecular complexity index is 1280. The lowest BCUT2D eigenvalue weighted by Gasteiger charge is -2.14. The molecule has 0 heterocycles. The van der Waals surface area contributed by atoms with Gasteiger partial charge in [0.05, 0.1) is 16.4 Å². The summed E-state index contributed by atoms with van der Waals surface area (Å²) in [6.45, 7) is 2.28. The molecule has 0 saturated carbocycles. The van der Waals surface area contributed by atoms with Crippen molar-refractivity contribution < 1.29 is 14.3 Å². The van der Waals surface area contributed by atoms with Crippen molar-refractivity contribution >= 4 is 83.7 Å². The van der Waals surface area contributed by atoms with Gasteiger partial charge in [-0.1, -0.05) is 23.7 Å². The maximum Gasteiger partial charge on any atom is 0.266 e. The smallest absolute Gasteiger partial charge is 0.266 e. The van der Waals surface area contributed by atoms with E-state index in [4.69, 9.17) is 21.1 Å². The van der Waals surface area contributed by atoms with Gasteiger partial charge in [-0.05, 0) is 121 Å². The lowest BCUT2D eigenvalue weighted by atomic mass is 10.1. The molecule has 0 spiro atoms. The topological polar surface area (TPSA) is 71.3 Å². The average Bonchev–Trinajstić information content (AvgIpc) is 2.79. The molecular formula is C25H18Br2ClIN2O3. The molecule has 3 rings (SSSR count). The van der Waals surface area contributed by atoms with Crippen LogP contribution in [0.25, 0.3) is 6.08 Å². The molecule has 1 N–H and O–H groups in total. The fourth-order valence-electron chi connectivity index (χ4n) is 3.01. The van der Waals surface area contributed by atoms with Gasteiger partial charge < -0.3 is 14.8 Å². The van der Waals surface area contributed by atoms with Gasteiger partial charge in [0.25, 0.3) is 5.91 Å². The number of halogens is 4. The fourth-order valence-corrected chi connectivity index (χ4v) is 5.54. The van der Waals surface area contributed by atoms with Crippen LogP contribution in [0.3, 0.4) is 0 Å². The molecule has 0 unspecified atom stereocenters. The van der Waals surface area contributed by atoms with Crippen molar-refractivity contribution in [1.82, 2.24) is 0 Å². The van der Waals surface area contributed by atoms with Crippen molar-refractivity contribution in [3.63, 3.8) is 0 Å². The molecule has 3 aromatic carbocycles. The zero-order valence-corrected chi connectivity index (χ0v) is 24.2. The third kappa shape index (κ3) is 6.75. The van der Waals surface area contributed by atoms with E-state index in [2.05, 4.69) is 59.8 Å². The maximum absolute atomic E-state index is 12.8. The zero-order chi connectivity index (χ0) is 24.8. The first-order valence-corrected chi connectivity index (χ1v) is 12.9. The monoisotopic (exact) mass is 714 g/mol. The minimum absolute atomic E-state index is 0.0490. The van der Waals surface area contributed by atoms with Crippen molar-refractivity contribution in [2.75, 3.05) is 12.4 Å². The molecule has 0 aliphatic carbocycles. The predicted molar refractivity (Wildman–Crippen MR) is 150 cm³/mol. The van der Waals surface area contributed by atoms with Gasteiger partial charge >= 0.3 is 0 Å². The number of rotatable bonds is 7. The van der Waals surface area contributed by atoms with E-state index in [1.807, 2.05) is 43.3 Å². The molecule has 1 amide bonds. The van der Waals surface area contributed by atoms with Crippen LogP contribution < -0.4 is 14.8 Å². The summed E-state index contributed by atoms with van der Waals surface area (Å²) in [6, 6.07) is 16.7. The molecule has 0 bridgehead atoms. The molecule has 5 nitrogen and oxygen atoms in total. The number of carbonyl (C=O) groups is 1. The second-order valence-corrected chi connectivity index (χ2v) is 10.5. The number of ether oxygens (including phenoxy) is 2. The predicted octanol–water partition coefficient (Wildman–Crippen LogP) is 7.91. The van der Waals surface area contributed by atoms with E-state index < -0.39 is 5.91 Å². The molecule has 0 aliphatic heterocycles. The van der Waals surface area contributed by atoms with Crippen molar-refractivity contribution in [3.05, 3.63) is 88.3 Å². The molecule has 0 aliphatic rings. The highest BCUT2D eigenvalue weighted by atomic mass is 127. The number of amides is 1. The van der Waals surface area contributed by atoms with Crippen LogP contribution in [0.4, 0.5) is 5.69 Å². The number of carbonyl (C=O) groups excluding carboxylic acids is 1. The number of anilines is 1. The van der Waals surface area contributed by atoms with Crippen LogP contribution in [-0.2, 0) is 11.4 Å². The molecule has 9 heteroatoms. The minimum Gasteiger partial charge on any atom is -0.493 e. The Morgan fingerprint density at radius 3 is 2.41 bits per heavy atom. The van der Waals surface area contributed by atoms with Gasteiger partial charge in [0, 0.05) is 14.0 Å². The van der Waals surface area contributed by atoms with Crippen molar-refractivity contribution in [1.29, 1.82) is 5.26 Å². The van der Waals surface area contributed by atoms with Crippen LogP contribution in [0.1, 0.15) is 16.7 Å². The number of hydrogen-bond acceptors (Lipinski definition) is 4. The number of nitrogens with one attached hydrogen (secondary N) is 1. The van der Waals surface area contributed by atoms with Gasteiger partial charge in [0.1, 0.15) is 18.2 Å². The minimum atomic E-state index is -0.523. The number of benzene rings is 3. The number of hydrogen-bond donors (Lipinski definition) is 1. The van der Waals surface area contributed by atoms with E-state index in [1.54, 1.807) is 25.3 Å². The molecule has 3 aromatic rings. The summed E-state index contributed by atoms with van der Waals surface area (Å²) < 4.78 is 13.7. The number of methoxy groups -OCH3 is 1. The van der Waals surface area contributed by atoms with Crippen LogP contribution in [-0.4, -0.2) is 13.0 Å². The third-order valence-electron chi connectivity index (χ3n) is 4.65. The summed E-state index contributed by atoms with van der Waals surface area (Å²) in [4.78, 5) is 12.8. The van der Waals surface area contributed by atoms with E-state index in [0.717, 1.165) is 14.7 Å². The van der Waals surface area contributed by atoms with Crippen LogP contribution in [0, 0.1) is 21.8 Å². The molecular weight excluding hydrogens is 698 g/mol. The quantitative estimate of drug-likeness (QED) is 0.153. The van der Waals surface area contributed by atoms with Gasteiger partial charge in [0.15, 0.2) is 11.5 Å². The average molecular weight is 717 g/mol. The summed E-state index contributed by atoms with van der Waals surface area (Å²) in [5, 5.41) is 13.1. The zero-order valence-electron chi connectivity index (χ0n) is 18.1. The first-order valence-electron chi connectivity index (χ1n) is 9.85. The number of aryl methyl sites for hydroxylation is 1. The Labute approximate surface area is 233 Å². The van der Waals surface area contributed by atoms with E-state index in [0.29, 0.717) is 43.3 Å². The Morgan fingerprint density at radius 1 is 1.18 bits per heavy atom. The molecule has 0 atom stereocenters. The SMILES string of the molecule is COc1cc(/C=C(\C#N)C(=O)Nc2c(Br)cc(C)cc2Br)cc(I)c1OCc1ccc(Cl)cc1. The highest BCUT2D eigenvalue weighted by Gasteiger charge is 2.16. The highest BCUT2D eigenvalue weighted by Crippen LogP contribution is 2.36. The van der Waals surface area contributed by atoms with Crippen LogP contribution in [0.15, 0.2) is 63.0 Å². The van der Waals surface area contributed by atoms with Gasteiger partial charge in [-0.15, -0.1) is 0 Å². The molecule has 34 heavy (non-hydrogen) atoms. The van der Waals surface area contributed by atoms with E-state index in [9.17, 15) is 10.1 Å². The van der Waals surface area contributed by atoms with Crippen molar-refractivity contribution in [2.45, 2.75) is 13.5 Å². The molecule has 0 fully saturated rings. The first kappa shape index (κ1) is 26.5. The summed E-state index contributed by atoms with van der Waals surface area (Å²) >= 11 is 15.0. The van der Waals surface area contributed by atoms with Crippen molar-refractivity contribution in [2.24, 2.45) is 0 Å². The largest absolute Gasteiger partial charge is 0.493 e.